The van der Waals surface area contributed by atoms with E-state index < -0.39 is 11.9 Å². The topological polar surface area (TPSA) is 83.6 Å². The molecule has 0 radical (unpaired) electrons. The van der Waals surface area contributed by atoms with E-state index in [9.17, 15) is 9.59 Å². The van der Waals surface area contributed by atoms with E-state index in [1.165, 1.54) is 4.90 Å². The number of aliphatic carboxylic acids is 1. The fourth-order valence-electron chi connectivity index (χ4n) is 1.62. The van der Waals surface area contributed by atoms with Crippen molar-refractivity contribution in [3.05, 3.63) is 36.2 Å². The number of fused-ring (bicyclic) bond motifs is 1. The van der Waals surface area contributed by atoms with Crippen LogP contribution in [0.5, 0.6) is 0 Å². The second-order valence-corrected chi connectivity index (χ2v) is 3.95. The van der Waals surface area contributed by atoms with Gasteiger partial charge in [0, 0.05) is 37.9 Å². The van der Waals surface area contributed by atoms with Gasteiger partial charge in [-0.25, -0.2) is 9.78 Å². The monoisotopic (exact) mass is 260 g/mol. The lowest BCUT2D eigenvalue weighted by Gasteiger charge is -2.14. The molecule has 1 aromatic carbocycles. The van der Waals surface area contributed by atoms with E-state index in [4.69, 9.17) is 9.52 Å². The zero-order chi connectivity index (χ0) is 14.0. The van der Waals surface area contributed by atoms with E-state index in [-0.39, 0.29) is 0 Å². The van der Waals surface area contributed by atoms with Gasteiger partial charge in [-0.1, -0.05) is 0 Å². The predicted molar refractivity (Wildman–Crippen MR) is 68.9 cm³/mol. The highest BCUT2D eigenvalue weighted by atomic mass is 16.4. The van der Waals surface area contributed by atoms with Gasteiger partial charge in [-0.2, -0.15) is 0 Å². The first kappa shape index (κ1) is 12.8. The van der Waals surface area contributed by atoms with Gasteiger partial charge in [-0.15, -0.1) is 0 Å². The number of carbonyl (C=O) groups excluding carboxylic acids is 1. The summed E-state index contributed by atoms with van der Waals surface area (Å²) in [6, 6.07) is 5.14. The van der Waals surface area contributed by atoms with E-state index in [0.29, 0.717) is 22.7 Å². The van der Waals surface area contributed by atoms with Crippen LogP contribution >= 0.6 is 0 Å². The molecule has 0 aliphatic carbocycles. The zero-order valence-electron chi connectivity index (χ0n) is 10.5. The molecular formula is C13H12N2O4. The van der Waals surface area contributed by atoms with Crippen LogP contribution in [-0.4, -0.2) is 29.0 Å². The third-order valence-electron chi connectivity index (χ3n) is 2.57. The highest BCUT2D eigenvalue weighted by molar-refractivity contribution is 6.04. The van der Waals surface area contributed by atoms with Crippen LogP contribution in [0.15, 0.2) is 34.8 Å². The van der Waals surface area contributed by atoms with Crippen LogP contribution in [0.25, 0.3) is 11.1 Å². The fourth-order valence-corrected chi connectivity index (χ4v) is 1.62. The van der Waals surface area contributed by atoms with E-state index in [1.807, 2.05) is 0 Å². The average Bonchev–Trinajstić information content (AvgIpc) is 2.73. The Kier molecular flexibility index (Phi) is 3.33. The predicted octanol–water partition coefficient (Wildman–Crippen LogP) is 1.74. The molecule has 1 amide bonds. The molecule has 6 nitrogen and oxygen atoms in total. The molecule has 0 spiro atoms. The molecule has 0 saturated carbocycles. The SMILES string of the molecule is Cc1nc2ccc(N(C)C(=O)/C=C/C(=O)O)cc2o1. The summed E-state index contributed by atoms with van der Waals surface area (Å²) >= 11 is 0. The Morgan fingerprint density at radius 1 is 1.37 bits per heavy atom. The minimum absolute atomic E-state index is 0.432. The molecule has 2 rings (SSSR count). The summed E-state index contributed by atoms with van der Waals surface area (Å²) < 4.78 is 5.38. The molecule has 0 atom stereocenters. The number of likely N-dealkylation sites (N-methyl/N-ethyl adjacent to an activating group) is 1. The third-order valence-corrected chi connectivity index (χ3v) is 2.57. The van der Waals surface area contributed by atoms with Crippen LogP contribution in [0.4, 0.5) is 5.69 Å². The number of benzene rings is 1. The second kappa shape index (κ2) is 4.93. The van der Waals surface area contributed by atoms with E-state index in [1.54, 1.807) is 32.2 Å². The number of oxazole rings is 1. The summed E-state index contributed by atoms with van der Waals surface area (Å²) in [6.07, 6.45) is 1.80. The first-order valence-electron chi connectivity index (χ1n) is 5.53. The molecule has 1 aromatic heterocycles. The van der Waals surface area contributed by atoms with Crippen molar-refractivity contribution in [1.29, 1.82) is 0 Å². The molecule has 6 heteroatoms. The first-order chi connectivity index (χ1) is 8.97. The van der Waals surface area contributed by atoms with Gasteiger partial charge in [0.1, 0.15) is 5.52 Å². The summed E-state index contributed by atoms with van der Waals surface area (Å²) in [5.41, 5.74) is 1.89. The Balaban J connectivity index is 2.27. The molecular weight excluding hydrogens is 248 g/mol. The average molecular weight is 260 g/mol. The molecule has 2 aromatic rings. The number of aromatic nitrogens is 1. The van der Waals surface area contributed by atoms with Crippen LogP contribution in [0.1, 0.15) is 5.89 Å². The number of rotatable bonds is 3. The highest BCUT2D eigenvalue weighted by Gasteiger charge is 2.10. The third kappa shape index (κ3) is 2.79. The lowest BCUT2D eigenvalue weighted by molar-refractivity contribution is -0.131. The quantitative estimate of drug-likeness (QED) is 0.850. The number of carbonyl (C=O) groups is 2. The van der Waals surface area contributed by atoms with Gasteiger partial charge in [-0.3, -0.25) is 4.79 Å². The summed E-state index contributed by atoms with van der Waals surface area (Å²) in [6.45, 7) is 1.74. The van der Waals surface area contributed by atoms with Gasteiger partial charge >= 0.3 is 5.97 Å². The van der Waals surface area contributed by atoms with E-state index in [0.717, 1.165) is 12.2 Å². The second-order valence-electron chi connectivity index (χ2n) is 3.95. The Morgan fingerprint density at radius 3 is 2.79 bits per heavy atom. The number of aryl methyl sites for hydroxylation is 1. The molecule has 98 valence electrons. The number of carboxylic acids is 1. The van der Waals surface area contributed by atoms with Crippen molar-refractivity contribution in [2.24, 2.45) is 0 Å². The van der Waals surface area contributed by atoms with Gasteiger partial charge in [0.25, 0.3) is 5.91 Å². The molecule has 0 bridgehead atoms. The Hall–Kier alpha value is -2.63. The Morgan fingerprint density at radius 2 is 2.11 bits per heavy atom. The fraction of sp³-hybridized carbons (Fsp3) is 0.154. The van der Waals surface area contributed by atoms with Crippen LogP contribution < -0.4 is 4.90 Å². The summed E-state index contributed by atoms with van der Waals surface area (Å²) in [5, 5.41) is 8.48. The maximum Gasteiger partial charge on any atom is 0.328 e. The van der Waals surface area contributed by atoms with Crippen molar-refractivity contribution in [1.82, 2.24) is 4.98 Å². The summed E-state index contributed by atoms with van der Waals surface area (Å²) in [7, 11) is 1.55. The van der Waals surface area contributed by atoms with Crippen molar-refractivity contribution in [3.63, 3.8) is 0 Å². The van der Waals surface area contributed by atoms with Gasteiger partial charge in [0.2, 0.25) is 0 Å². The normalized spacial score (nSPS) is 11.1. The minimum Gasteiger partial charge on any atom is -0.478 e. The number of nitrogens with zero attached hydrogens (tertiary/aromatic N) is 2. The summed E-state index contributed by atoms with van der Waals surface area (Å²) in [4.78, 5) is 27.6. The van der Waals surface area contributed by atoms with Crippen molar-refractivity contribution in [3.8, 4) is 0 Å². The Bertz CT molecular complexity index is 672. The number of anilines is 1. The lowest BCUT2D eigenvalue weighted by Crippen LogP contribution is -2.24. The number of amides is 1. The molecule has 0 saturated heterocycles. The first-order valence-corrected chi connectivity index (χ1v) is 5.53. The van der Waals surface area contributed by atoms with Crippen LogP contribution in [0.3, 0.4) is 0 Å². The number of carboxylic acid groups (broad SMARTS) is 1. The van der Waals surface area contributed by atoms with Crippen LogP contribution in [0, 0.1) is 6.92 Å². The van der Waals surface area contributed by atoms with Crippen molar-refractivity contribution < 1.29 is 19.1 Å². The van der Waals surface area contributed by atoms with Gasteiger partial charge in [0.05, 0.1) is 0 Å². The molecule has 19 heavy (non-hydrogen) atoms. The lowest BCUT2D eigenvalue weighted by atomic mass is 10.2. The van der Waals surface area contributed by atoms with Crippen molar-refractivity contribution in [2.45, 2.75) is 6.92 Å². The highest BCUT2D eigenvalue weighted by Crippen LogP contribution is 2.22. The molecule has 1 N–H and O–H groups in total. The Labute approximate surface area is 109 Å². The van der Waals surface area contributed by atoms with Gasteiger partial charge < -0.3 is 14.4 Å². The van der Waals surface area contributed by atoms with Crippen LogP contribution in [0.2, 0.25) is 0 Å². The maximum atomic E-state index is 11.7. The molecule has 0 unspecified atom stereocenters. The van der Waals surface area contributed by atoms with E-state index >= 15 is 0 Å². The number of hydrogen-bond acceptors (Lipinski definition) is 4. The maximum absolute atomic E-state index is 11.7. The molecule has 1 heterocycles. The summed E-state index contributed by atoms with van der Waals surface area (Å²) in [5.74, 6) is -1.05. The minimum atomic E-state index is -1.16. The van der Waals surface area contributed by atoms with Crippen LogP contribution in [-0.2, 0) is 9.59 Å². The molecule has 0 aliphatic rings. The smallest absolute Gasteiger partial charge is 0.328 e. The van der Waals surface area contributed by atoms with Gasteiger partial charge in [0.15, 0.2) is 11.5 Å². The standard InChI is InChI=1S/C13H12N2O4/c1-8-14-10-4-3-9(7-11(10)19-8)15(2)12(16)5-6-13(17)18/h3-7H,1-2H3,(H,17,18)/b6-5+. The molecule has 0 fully saturated rings. The largest absolute Gasteiger partial charge is 0.478 e. The zero-order valence-corrected chi connectivity index (χ0v) is 10.5. The van der Waals surface area contributed by atoms with Crippen molar-refractivity contribution in [2.75, 3.05) is 11.9 Å². The molecule has 0 aliphatic heterocycles. The van der Waals surface area contributed by atoms with Gasteiger partial charge in [-0.05, 0) is 12.1 Å². The number of hydrogen-bond donors (Lipinski definition) is 1. The van der Waals surface area contributed by atoms with Crippen molar-refractivity contribution >= 4 is 28.7 Å². The van der Waals surface area contributed by atoms with E-state index in [2.05, 4.69) is 4.98 Å².